The first-order valence-electron chi connectivity index (χ1n) is 5.93. The molecule has 1 aliphatic carbocycles. The van der Waals surface area contributed by atoms with Crippen LogP contribution >= 0.6 is 0 Å². The summed E-state index contributed by atoms with van der Waals surface area (Å²) >= 11 is 0. The van der Waals surface area contributed by atoms with Gasteiger partial charge in [-0.2, -0.15) is 0 Å². The predicted molar refractivity (Wildman–Crippen MR) is 57.3 cm³/mol. The third-order valence-electron chi connectivity index (χ3n) is 3.37. The van der Waals surface area contributed by atoms with Crippen molar-refractivity contribution in [3.8, 4) is 0 Å². The molecule has 86 valence electrons. The minimum atomic E-state index is -0.212. The van der Waals surface area contributed by atoms with Crippen molar-refractivity contribution in [1.82, 2.24) is 5.32 Å². The van der Waals surface area contributed by atoms with Crippen LogP contribution < -0.4 is 11.1 Å². The quantitative estimate of drug-likeness (QED) is 0.712. The molecule has 0 aromatic rings. The normalized spacial score (nSPS) is 36.6. The van der Waals surface area contributed by atoms with Gasteiger partial charge in [-0.3, -0.25) is 4.79 Å². The van der Waals surface area contributed by atoms with Crippen molar-refractivity contribution in [3.05, 3.63) is 0 Å². The standard InChI is InChI=1S/C11H20N2O2/c12-7-8-5-9(6-8)15-10-3-1-2-4-13-11(10)14/h8-10H,1-7,12H2,(H,13,14). The van der Waals surface area contributed by atoms with Crippen molar-refractivity contribution >= 4 is 5.91 Å². The van der Waals surface area contributed by atoms with Gasteiger partial charge in [0, 0.05) is 6.54 Å². The molecule has 1 saturated heterocycles. The van der Waals surface area contributed by atoms with Gasteiger partial charge in [0.05, 0.1) is 6.10 Å². The van der Waals surface area contributed by atoms with E-state index in [1.54, 1.807) is 0 Å². The highest BCUT2D eigenvalue weighted by Crippen LogP contribution is 2.30. The number of carbonyl (C=O) groups is 1. The van der Waals surface area contributed by atoms with Crippen molar-refractivity contribution in [2.45, 2.75) is 44.3 Å². The van der Waals surface area contributed by atoms with E-state index in [0.717, 1.165) is 45.2 Å². The number of rotatable bonds is 3. The molecule has 4 heteroatoms. The molecule has 3 N–H and O–H groups in total. The van der Waals surface area contributed by atoms with E-state index in [4.69, 9.17) is 10.5 Å². The first-order chi connectivity index (χ1) is 7.29. The Hall–Kier alpha value is -0.610. The monoisotopic (exact) mass is 212 g/mol. The van der Waals surface area contributed by atoms with Crippen LogP contribution in [0.4, 0.5) is 0 Å². The number of hydrogen-bond donors (Lipinski definition) is 2. The smallest absolute Gasteiger partial charge is 0.249 e. The van der Waals surface area contributed by atoms with E-state index in [-0.39, 0.29) is 18.1 Å². The van der Waals surface area contributed by atoms with Gasteiger partial charge in [-0.25, -0.2) is 0 Å². The second-order valence-electron chi connectivity index (χ2n) is 4.61. The van der Waals surface area contributed by atoms with Crippen molar-refractivity contribution in [2.75, 3.05) is 13.1 Å². The number of ether oxygens (including phenoxy) is 1. The van der Waals surface area contributed by atoms with Gasteiger partial charge in [0.25, 0.3) is 0 Å². The molecule has 2 rings (SSSR count). The van der Waals surface area contributed by atoms with Gasteiger partial charge in [-0.15, -0.1) is 0 Å². The summed E-state index contributed by atoms with van der Waals surface area (Å²) in [5.74, 6) is 0.688. The Kier molecular flexibility index (Phi) is 3.59. The maximum atomic E-state index is 11.6. The van der Waals surface area contributed by atoms with Crippen molar-refractivity contribution in [1.29, 1.82) is 0 Å². The maximum absolute atomic E-state index is 11.6. The SMILES string of the molecule is NCC1CC(OC2CCCCNC2=O)C1. The predicted octanol–water partition coefficient (Wildman–Crippen LogP) is 0.409. The van der Waals surface area contributed by atoms with Crippen LogP contribution in [0, 0.1) is 5.92 Å². The number of amides is 1. The molecule has 0 bridgehead atoms. The largest absolute Gasteiger partial charge is 0.365 e. The number of carbonyl (C=O) groups excluding carboxylic acids is 1. The van der Waals surface area contributed by atoms with E-state index < -0.39 is 0 Å². The molecule has 0 aromatic carbocycles. The van der Waals surface area contributed by atoms with E-state index in [0.29, 0.717) is 5.92 Å². The average molecular weight is 212 g/mol. The van der Waals surface area contributed by atoms with Gasteiger partial charge in [-0.05, 0) is 44.6 Å². The third kappa shape index (κ3) is 2.69. The molecule has 0 spiro atoms. The second kappa shape index (κ2) is 4.94. The summed E-state index contributed by atoms with van der Waals surface area (Å²) in [7, 11) is 0. The summed E-state index contributed by atoms with van der Waals surface area (Å²) in [5, 5.41) is 2.88. The lowest BCUT2D eigenvalue weighted by Crippen LogP contribution is -2.42. The fourth-order valence-electron chi connectivity index (χ4n) is 2.25. The molecule has 15 heavy (non-hydrogen) atoms. The Bertz CT molecular complexity index is 227. The number of hydrogen-bond acceptors (Lipinski definition) is 3. The molecule has 0 radical (unpaired) electrons. The van der Waals surface area contributed by atoms with E-state index in [2.05, 4.69) is 5.32 Å². The van der Waals surface area contributed by atoms with Crippen LogP contribution in [0.3, 0.4) is 0 Å². The van der Waals surface area contributed by atoms with Gasteiger partial charge in [0.1, 0.15) is 6.10 Å². The van der Waals surface area contributed by atoms with E-state index in [1.165, 1.54) is 0 Å². The van der Waals surface area contributed by atoms with Crippen molar-refractivity contribution < 1.29 is 9.53 Å². The molecule has 1 unspecified atom stereocenters. The van der Waals surface area contributed by atoms with E-state index >= 15 is 0 Å². The van der Waals surface area contributed by atoms with Crippen LogP contribution in [0.5, 0.6) is 0 Å². The highest BCUT2D eigenvalue weighted by atomic mass is 16.5. The second-order valence-corrected chi connectivity index (χ2v) is 4.61. The third-order valence-corrected chi connectivity index (χ3v) is 3.37. The first kappa shape index (κ1) is 10.9. The van der Waals surface area contributed by atoms with Crippen molar-refractivity contribution in [2.24, 2.45) is 11.7 Å². The minimum absolute atomic E-state index is 0.0729. The Morgan fingerprint density at radius 2 is 2.20 bits per heavy atom. The minimum Gasteiger partial charge on any atom is -0.365 e. The summed E-state index contributed by atoms with van der Waals surface area (Å²) in [5.41, 5.74) is 5.55. The van der Waals surface area contributed by atoms with Crippen LogP contribution in [0.2, 0.25) is 0 Å². The van der Waals surface area contributed by atoms with Crippen LogP contribution in [0.1, 0.15) is 32.1 Å². The highest BCUT2D eigenvalue weighted by molar-refractivity contribution is 5.80. The average Bonchev–Trinajstić information content (AvgIpc) is 2.37. The Morgan fingerprint density at radius 1 is 1.40 bits per heavy atom. The summed E-state index contributed by atoms with van der Waals surface area (Å²) in [6.07, 6.45) is 5.14. The Balaban J connectivity index is 1.75. The first-order valence-corrected chi connectivity index (χ1v) is 5.93. The molecule has 1 heterocycles. The van der Waals surface area contributed by atoms with Gasteiger partial charge >= 0.3 is 0 Å². The van der Waals surface area contributed by atoms with Crippen LogP contribution in [0.25, 0.3) is 0 Å². The van der Waals surface area contributed by atoms with Crippen LogP contribution in [0.15, 0.2) is 0 Å². The van der Waals surface area contributed by atoms with Gasteiger partial charge in [-0.1, -0.05) is 0 Å². The summed E-state index contributed by atoms with van der Waals surface area (Å²) in [4.78, 5) is 11.6. The van der Waals surface area contributed by atoms with Crippen LogP contribution in [-0.2, 0) is 9.53 Å². The fourth-order valence-corrected chi connectivity index (χ4v) is 2.25. The molecular weight excluding hydrogens is 192 g/mol. The fraction of sp³-hybridized carbons (Fsp3) is 0.909. The highest BCUT2D eigenvalue weighted by Gasteiger charge is 2.33. The molecule has 4 nitrogen and oxygen atoms in total. The zero-order valence-corrected chi connectivity index (χ0v) is 9.08. The molecule has 1 atom stereocenters. The molecular formula is C11H20N2O2. The summed E-state index contributed by atoms with van der Waals surface area (Å²) in [6, 6.07) is 0. The maximum Gasteiger partial charge on any atom is 0.249 e. The lowest BCUT2D eigenvalue weighted by molar-refractivity contribution is -0.142. The van der Waals surface area contributed by atoms with Gasteiger partial charge < -0.3 is 15.8 Å². The summed E-state index contributed by atoms with van der Waals surface area (Å²) < 4.78 is 5.78. The molecule has 2 fully saturated rings. The topological polar surface area (TPSA) is 64.3 Å². The molecule has 1 amide bonds. The Labute approximate surface area is 90.5 Å². The molecule has 0 aromatic heterocycles. The molecule has 1 aliphatic heterocycles. The van der Waals surface area contributed by atoms with Gasteiger partial charge in [0.15, 0.2) is 0 Å². The van der Waals surface area contributed by atoms with E-state index in [1.807, 2.05) is 0 Å². The van der Waals surface area contributed by atoms with Gasteiger partial charge in [0.2, 0.25) is 5.91 Å². The van der Waals surface area contributed by atoms with Crippen LogP contribution in [-0.4, -0.2) is 31.2 Å². The zero-order valence-electron chi connectivity index (χ0n) is 9.08. The van der Waals surface area contributed by atoms with E-state index in [9.17, 15) is 4.79 Å². The molecule has 2 aliphatic rings. The molecule has 1 saturated carbocycles. The zero-order chi connectivity index (χ0) is 10.7. The lowest BCUT2D eigenvalue weighted by atomic mass is 9.82. The number of nitrogens with two attached hydrogens (primary N) is 1. The number of nitrogens with one attached hydrogen (secondary N) is 1. The Morgan fingerprint density at radius 3 is 2.93 bits per heavy atom. The summed E-state index contributed by atoms with van der Waals surface area (Å²) in [6.45, 7) is 1.55. The lowest BCUT2D eigenvalue weighted by Gasteiger charge is -2.36. The van der Waals surface area contributed by atoms with Crippen molar-refractivity contribution in [3.63, 3.8) is 0 Å².